The minimum Gasteiger partial charge on any atom is -0.480 e. The first-order valence-electron chi connectivity index (χ1n) is 5.38. The molecule has 0 aliphatic carbocycles. The summed E-state index contributed by atoms with van der Waals surface area (Å²) in [7, 11) is 0. The van der Waals surface area contributed by atoms with Gasteiger partial charge in [-0.15, -0.1) is 11.8 Å². The van der Waals surface area contributed by atoms with Crippen LogP contribution in [-0.2, 0) is 9.59 Å². The molecule has 2 heterocycles. The summed E-state index contributed by atoms with van der Waals surface area (Å²) in [5.41, 5.74) is 0.810. The minimum absolute atomic E-state index is 0.281. The SMILES string of the molecule is O=C(O)C1CSCN1C(=O)/C=C/c1cccnc1. The molecule has 1 aliphatic heterocycles. The lowest BCUT2D eigenvalue weighted by molar-refractivity contribution is -0.146. The first-order chi connectivity index (χ1) is 8.68. The molecule has 18 heavy (non-hydrogen) atoms. The van der Waals surface area contributed by atoms with Crippen LogP contribution in [0.25, 0.3) is 6.08 Å². The molecule has 2 rings (SSSR count). The molecule has 1 saturated heterocycles. The third kappa shape index (κ3) is 2.89. The first kappa shape index (κ1) is 12.6. The Kier molecular flexibility index (Phi) is 3.99. The van der Waals surface area contributed by atoms with Crippen molar-refractivity contribution in [1.82, 2.24) is 9.88 Å². The fourth-order valence-electron chi connectivity index (χ4n) is 1.60. The Morgan fingerprint density at radius 3 is 3.06 bits per heavy atom. The van der Waals surface area contributed by atoms with Crippen LogP contribution in [0.2, 0.25) is 0 Å². The second-order valence-corrected chi connectivity index (χ2v) is 4.78. The van der Waals surface area contributed by atoms with E-state index in [9.17, 15) is 9.59 Å². The Hall–Kier alpha value is -1.82. The van der Waals surface area contributed by atoms with Crippen molar-refractivity contribution in [2.75, 3.05) is 11.6 Å². The summed E-state index contributed by atoms with van der Waals surface area (Å²) in [4.78, 5) is 28.1. The zero-order valence-electron chi connectivity index (χ0n) is 9.52. The van der Waals surface area contributed by atoms with E-state index in [1.807, 2.05) is 6.07 Å². The second kappa shape index (κ2) is 5.68. The molecule has 0 aromatic carbocycles. The summed E-state index contributed by atoms with van der Waals surface area (Å²) >= 11 is 1.45. The molecule has 1 N–H and O–H groups in total. The van der Waals surface area contributed by atoms with Gasteiger partial charge in [0.05, 0.1) is 5.88 Å². The number of aromatic nitrogens is 1. The summed E-state index contributed by atoms with van der Waals surface area (Å²) in [5, 5.41) is 8.98. The van der Waals surface area contributed by atoms with Gasteiger partial charge in [0.15, 0.2) is 0 Å². The van der Waals surface area contributed by atoms with Crippen LogP contribution in [0.4, 0.5) is 0 Å². The Labute approximate surface area is 109 Å². The number of carboxylic acid groups (broad SMARTS) is 1. The highest BCUT2D eigenvalue weighted by molar-refractivity contribution is 7.99. The molecule has 0 radical (unpaired) electrons. The lowest BCUT2D eigenvalue weighted by atomic mass is 10.2. The molecule has 94 valence electrons. The molecule has 0 bridgehead atoms. The maximum Gasteiger partial charge on any atom is 0.327 e. The fraction of sp³-hybridized carbons (Fsp3) is 0.250. The van der Waals surface area contributed by atoms with Crippen LogP contribution in [-0.4, -0.2) is 44.5 Å². The maximum absolute atomic E-state index is 11.9. The average molecular weight is 264 g/mol. The van der Waals surface area contributed by atoms with Crippen molar-refractivity contribution < 1.29 is 14.7 Å². The van der Waals surface area contributed by atoms with Crippen molar-refractivity contribution >= 4 is 29.7 Å². The van der Waals surface area contributed by atoms with Crippen LogP contribution in [0.3, 0.4) is 0 Å². The summed E-state index contributed by atoms with van der Waals surface area (Å²) in [5.74, 6) is -0.367. The van der Waals surface area contributed by atoms with Crippen LogP contribution < -0.4 is 0 Å². The van der Waals surface area contributed by atoms with Crippen molar-refractivity contribution in [3.8, 4) is 0 Å². The topological polar surface area (TPSA) is 70.5 Å². The van der Waals surface area contributed by atoms with Gasteiger partial charge in [-0.2, -0.15) is 0 Å². The zero-order chi connectivity index (χ0) is 13.0. The average Bonchev–Trinajstić information content (AvgIpc) is 2.86. The number of thioether (sulfide) groups is 1. The molecular formula is C12H12N2O3S. The number of carbonyl (C=O) groups is 2. The van der Waals surface area contributed by atoms with Gasteiger partial charge in [0.2, 0.25) is 5.91 Å². The highest BCUT2D eigenvalue weighted by atomic mass is 32.2. The number of rotatable bonds is 3. The standard InChI is InChI=1S/C12H12N2O3S/c15-11(4-3-9-2-1-5-13-6-9)14-8-18-7-10(14)12(16)17/h1-6,10H,7-8H2,(H,16,17)/b4-3+. The van der Waals surface area contributed by atoms with Crippen molar-refractivity contribution in [3.63, 3.8) is 0 Å². The molecule has 1 atom stereocenters. The van der Waals surface area contributed by atoms with Crippen molar-refractivity contribution in [1.29, 1.82) is 0 Å². The molecule has 6 heteroatoms. The quantitative estimate of drug-likeness (QED) is 0.827. The molecule has 1 fully saturated rings. The van der Waals surface area contributed by atoms with Crippen LogP contribution in [0, 0.1) is 0 Å². The Morgan fingerprint density at radius 2 is 2.39 bits per heavy atom. The van der Waals surface area contributed by atoms with Crippen molar-refractivity contribution in [2.45, 2.75) is 6.04 Å². The van der Waals surface area contributed by atoms with Gasteiger partial charge >= 0.3 is 5.97 Å². The van der Waals surface area contributed by atoms with Gasteiger partial charge in [-0.25, -0.2) is 4.79 Å². The van der Waals surface area contributed by atoms with Crippen LogP contribution >= 0.6 is 11.8 Å². The third-order valence-electron chi connectivity index (χ3n) is 2.55. The van der Waals surface area contributed by atoms with Crippen molar-refractivity contribution in [2.24, 2.45) is 0 Å². The molecule has 1 aromatic rings. The third-order valence-corrected chi connectivity index (χ3v) is 3.57. The molecule has 5 nitrogen and oxygen atoms in total. The van der Waals surface area contributed by atoms with Gasteiger partial charge in [0.25, 0.3) is 0 Å². The normalized spacial score (nSPS) is 19.3. The number of carboxylic acids is 1. The number of carbonyl (C=O) groups excluding carboxylic acids is 1. The van der Waals surface area contributed by atoms with E-state index >= 15 is 0 Å². The van der Waals surface area contributed by atoms with E-state index in [1.54, 1.807) is 24.5 Å². The lowest BCUT2D eigenvalue weighted by Gasteiger charge is -2.18. The van der Waals surface area contributed by atoms with Gasteiger partial charge < -0.3 is 10.0 Å². The first-order valence-corrected chi connectivity index (χ1v) is 6.53. The summed E-state index contributed by atoms with van der Waals surface area (Å²) in [6, 6.07) is 2.88. The predicted octanol–water partition coefficient (Wildman–Crippen LogP) is 1.08. The Balaban J connectivity index is 2.04. The molecule has 1 aliphatic rings. The van der Waals surface area contributed by atoms with Gasteiger partial charge in [-0.3, -0.25) is 9.78 Å². The molecule has 1 aromatic heterocycles. The second-order valence-electron chi connectivity index (χ2n) is 3.78. The van der Waals surface area contributed by atoms with Crippen LogP contribution in [0.15, 0.2) is 30.6 Å². The van der Waals surface area contributed by atoms with E-state index in [0.29, 0.717) is 11.6 Å². The van der Waals surface area contributed by atoms with Crippen molar-refractivity contribution in [3.05, 3.63) is 36.2 Å². The maximum atomic E-state index is 11.9. The number of hydrogen-bond acceptors (Lipinski definition) is 4. The number of amides is 1. The minimum atomic E-state index is -0.955. The Morgan fingerprint density at radius 1 is 1.56 bits per heavy atom. The number of aliphatic carboxylic acids is 1. The van der Waals surface area contributed by atoms with Gasteiger partial charge in [0, 0.05) is 24.2 Å². The van der Waals surface area contributed by atoms with E-state index in [1.165, 1.54) is 22.7 Å². The highest BCUT2D eigenvalue weighted by Crippen LogP contribution is 2.21. The number of hydrogen-bond donors (Lipinski definition) is 1. The Bertz CT molecular complexity index is 475. The molecule has 1 unspecified atom stereocenters. The molecular weight excluding hydrogens is 252 g/mol. The fourth-order valence-corrected chi connectivity index (χ4v) is 2.76. The van der Waals surface area contributed by atoms with E-state index in [-0.39, 0.29) is 5.91 Å². The summed E-state index contributed by atoms with van der Waals surface area (Å²) < 4.78 is 0. The number of nitrogens with zero attached hydrogens (tertiary/aromatic N) is 2. The van der Waals surface area contributed by atoms with Gasteiger partial charge in [-0.05, 0) is 17.7 Å². The zero-order valence-corrected chi connectivity index (χ0v) is 10.3. The highest BCUT2D eigenvalue weighted by Gasteiger charge is 2.33. The summed E-state index contributed by atoms with van der Waals surface area (Å²) in [6.45, 7) is 0. The van der Waals surface area contributed by atoms with Crippen LogP contribution in [0.5, 0.6) is 0 Å². The monoisotopic (exact) mass is 264 g/mol. The van der Waals surface area contributed by atoms with E-state index in [0.717, 1.165) is 5.56 Å². The van der Waals surface area contributed by atoms with E-state index < -0.39 is 12.0 Å². The smallest absolute Gasteiger partial charge is 0.327 e. The van der Waals surface area contributed by atoms with E-state index in [4.69, 9.17) is 5.11 Å². The van der Waals surface area contributed by atoms with Gasteiger partial charge in [0.1, 0.15) is 6.04 Å². The number of pyridine rings is 1. The molecule has 0 saturated carbocycles. The summed E-state index contributed by atoms with van der Waals surface area (Å²) in [6.07, 6.45) is 6.31. The molecule has 1 amide bonds. The van der Waals surface area contributed by atoms with E-state index in [2.05, 4.69) is 4.98 Å². The van der Waals surface area contributed by atoms with Gasteiger partial charge in [-0.1, -0.05) is 6.07 Å². The largest absolute Gasteiger partial charge is 0.480 e. The van der Waals surface area contributed by atoms with Crippen LogP contribution in [0.1, 0.15) is 5.56 Å². The lowest BCUT2D eigenvalue weighted by Crippen LogP contribution is -2.40. The molecule has 0 spiro atoms. The predicted molar refractivity (Wildman–Crippen MR) is 68.9 cm³/mol.